The molecule has 0 aliphatic rings. The molecule has 0 saturated carbocycles. The van der Waals surface area contributed by atoms with Crippen LogP contribution < -0.4 is 0 Å². The van der Waals surface area contributed by atoms with Crippen LogP contribution in [0.5, 0.6) is 0 Å². The number of likely N-dealkylation sites (N-methyl/N-ethyl adjacent to an activating group) is 1. The molecular weight excluding hydrogens is 1130 g/mol. The normalized spacial score (nSPS) is 13.3. The van der Waals surface area contributed by atoms with Gasteiger partial charge in [-0.15, -0.1) is 0 Å². The average Bonchev–Trinajstić information content (AvgIpc) is 3.46. The Bertz CT molecular complexity index is 1870. The minimum Gasteiger partial charge on any atom is -0.477 e. The van der Waals surface area contributed by atoms with Gasteiger partial charge in [-0.05, 0) is 103 Å². The molecule has 0 radical (unpaired) electrons. The zero-order chi connectivity index (χ0) is 66.1. The van der Waals surface area contributed by atoms with E-state index >= 15 is 0 Å². The van der Waals surface area contributed by atoms with Crippen molar-refractivity contribution in [3.05, 3.63) is 109 Å². The molecule has 1 N–H and O–H groups in total. The van der Waals surface area contributed by atoms with Crippen LogP contribution in [0.1, 0.15) is 335 Å². The molecule has 0 fully saturated rings. The maximum Gasteiger partial charge on any atom is 0.361 e. The number of carboxylic acid groups (broad SMARTS) is 1. The van der Waals surface area contributed by atoms with Crippen LogP contribution in [0, 0.1) is 0 Å². The number of quaternary nitrogens is 1. The molecular formula is C82H144NO8+. The molecule has 0 aliphatic carbocycles. The third kappa shape index (κ3) is 73.2. The summed E-state index contributed by atoms with van der Waals surface area (Å²) in [5.74, 6) is -1.99. The van der Waals surface area contributed by atoms with Gasteiger partial charge in [-0.25, -0.2) is 4.79 Å². The number of carbonyl (C=O) groups is 3. The number of nitrogens with zero attached hydrogens (tertiary/aromatic N) is 1. The molecule has 0 saturated heterocycles. The number of hydrogen-bond donors (Lipinski definition) is 1. The van der Waals surface area contributed by atoms with Crippen LogP contribution in [0.4, 0.5) is 0 Å². The fraction of sp³-hybridized carbons (Fsp3) is 0.744. The third-order valence-electron chi connectivity index (χ3n) is 16.5. The zero-order valence-electron chi connectivity index (χ0n) is 60.0. The molecule has 91 heavy (non-hydrogen) atoms. The predicted octanol–water partition coefficient (Wildman–Crippen LogP) is 24.1. The van der Waals surface area contributed by atoms with E-state index in [1.165, 1.54) is 212 Å². The summed E-state index contributed by atoms with van der Waals surface area (Å²) in [5.41, 5.74) is 0. The summed E-state index contributed by atoms with van der Waals surface area (Å²) >= 11 is 0. The first-order valence-corrected chi connectivity index (χ1v) is 38.1. The monoisotopic (exact) mass is 1270 g/mol. The molecule has 0 aromatic carbocycles. The maximum atomic E-state index is 13.0. The van der Waals surface area contributed by atoms with Crippen molar-refractivity contribution in [1.82, 2.24) is 0 Å². The van der Waals surface area contributed by atoms with E-state index in [1.54, 1.807) is 0 Å². The molecule has 9 heteroatoms. The van der Waals surface area contributed by atoms with Crippen molar-refractivity contribution in [2.45, 2.75) is 347 Å². The zero-order valence-corrected chi connectivity index (χ0v) is 60.0. The number of allylic oxidation sites excluding steroid dienone is 18. The molecule has 0 aliphatic heterocycles. The van der Waals surface area contributed by atoms with E-state index in [0.29, 0.717) is 17.4 Å². The molecule has 0 aromatic rings. The van der Waals surface area contributed by atoms with Gasteiger partial charge < -0.3 is 28.5 Å². The summed E-state index contributed by atoms with van der Waals surface area (Å²) < 4.78 is 23.0. The Morgan fingerprint density at radius 1 is 0.341 bits per heavy atom. The Morgan fingerprint density at radius 3 is 0.934 bits per heavy atom. The molecule has 0 aromatic heterocycles. The molecule has 0 rings (SSSR count). The third-order valence-corrected chi connectivity index (χ3v) is 16.5. The number of hydrogen-bond acceptors (Lipinski definition) is 7. The molecule has 0 bridgehead atoms. The molecule has 2 unspecified atom stereocenters. The Labute approximate surface area is 562 Å². The van der Waals surface area contributed by atoms with Gasteiger partial charge in [-0.2, -0.15) is 0 Å². The first-order chi connectivity index (χ1) is 44.6. The van der Waals surface area contributed by atoms with Gasteiger partial charge in [0.25, 0.3) is 6.29 Å². The summed E-state index contributed by atoms with van der Waals surface area (Å²) in [6.45, 7) is 4.79. The highest BCUT2D eigenvalue weighted by Crippen LogP contribution is 2.18. The highest BCUT2D eigenvalue weighted by atomic mass is 16.7. The van der Waals surface area contributed by atoms with Crippen LogP contribution in [0.25, 0.3) is 0 Å². The maximum absolute atomic E-state index is 13.0. The Hall–Kier alpha value is -4.05. The number of carboxylic acids is 1. The van der Waals surface area contributed by atoms with Gasteiger partial charge in [-0.3, -0.25) is 9.59 Å². The minimum atomic E-state index is -1.52. The number of rotatable bonds is 70. The summed E-state index contributed by atoms with van der Waals surface area (Å²) in [6, 6.07) is 0. The van der Waals surface area contributed by atoms with Crippen molar-refractivity contribution in [2.75, 3.05) is 47.5 Å². The standard InChI is InChI=1S/C82H143NO8/c1-6-8-10-12-14-16-18-20-22-24-26-28-30-32-34-36-38-39-40-41-43-45-47-49-51-53-55-57-59-61-63-65-67-69-71-73-80(85)91-78(77-90-82(81(86)87)88-75-74-83(3,4)5)76-89-79(84)72-70-68-66-64-62-60-58-56-54-52-50-48-46-44-42-37-35-33-31-29-27-25-23-21-19-17-15-13-11-9-7-2/h8,10,14,16,19-22,25-28,32,34,38-39,41,43,78,82H,6-7,9,11-13,15,17-18,23-24,29-31,33,35-37,40,42,44-77H2,1-5H3/p+1/b10-8-,16-14-,21-19-,22-20-,27-25-,28-26-,34-32-,39-38-,43-41-. The highest BCUT2D eigenvalue weighted by Gasteiger charge is 2.25. The molecule has 0 amide bonds. The Balaban J connectivity index is 4.07. The molecule has 9 nitrogen and oxygen atoms in total. The van der Waals surface area contributed by atoms with Gasteiger partial charge in [0.1, 0.15) is 13.2 Å². The minimum absolute atomic E-state index is 0.183. The summed E-state index contributed by atoms with van der Waals surface area (Å²) in [7, 11) is 5.98. The lowest BCUT2D eigenvalue weighted by molar-refractivity contribution is -0.870. The fourth-order valence-corrected chi connectivity index (χ4v) is 10.7. The van der Waals surface area contributed by atoms with Crippen molar-refractivity contribution in [1.29, 1.82) is 0 Å². The number of carbonyl (C=O) groups excluding carboxylic acids is 2. The van der Waals surface area contributed by atoms with Gasteiger partial charge >= 0.3 is 17.9 Å². The fourth-order valence-electron chi connectivity index (χ4n) is 10.7. The molecule has 524 valence electrons. The quantitative estimate of drug-likeness (QED) is 0.0211. The van der Waals surface area contributed by atoms with E-state index in [9.17, 15) is 19.5 Å². The number of unbranched alkanes of at least 4 members (excludes halogenated alkanes) is 37. The van der Waals surface area contributed by atoms with Crippen LogP contribution in [0.2, 0.25) is 0 Å². The van der Waals surface area contributed by atoms with E-state index < -0.39 is 24.3 Å². The number of aliphatic carboxylic acids is 1. The topological polar surface area (TPSA) is 108 Å². The van der Waals surface area contributed by atoms with Crippen LogP contribution in [0.15, 0.2) is 109 Å². The second kappa shape index (κ2) is 71.8. The second-order valence-electron chi connectivity index (χ2n) is 26.6. The van der Waals surface area contributed by atoms with Gasteiger partial charge in [0.2, 0.25) is 0 Å². The van der Waals surface area contributed by atoms with Gasteiger partial charge in [0.15, 0.2) is 6.10 Å². The lowest BCUT2D eigenvalue weighted by Gasteiger charge is -2.25. The van der Waals surface area contributed by atoms with E-state index in [4.69, 9.17) is 18.9 Å². The lowest BCUT2D eigenvalue weighted by Crippen LogP contribution is -2.40. The van der Waals surface area contributed by atoms with E-state index in [2.05, 4.69) is 123 Å². The van der Waals surface area contributed by atoms with Gasteiger partial charge in [-0.1, -0.05) is 329 Å². The van der Waals surface area contributed by atoms with E-state index in [0.717, 1.165) is 96.3 Å². The highest BCUT2D eigenvalue weighted by molar-refractivity contribution is 5.71. The molecule has 0 spiro atoms. The van der Waals surface area contributed by atoms with Gasteiger partial charge in [0.05, 0.1) is 34.4 Å². The number of esters is 2. The summed E-state index contributed by atoms with van der Waals surface area (Å²) in [5, 5.41) is 9.77. The first-order valence-electron chi connectivity index (χ1n) is 38.1. The Morgan fingerprint density at radius 2 is 0.626 bits per heavy atom. The van der Waals surface area contributed by atoms with Crippen molar-refractivity contribution in [2.24, 2.45) is 0 Å². The second-order valence-corrected chi connectivity index (χ2v) is 26.6. The largest absolute Gasteiger partial charge is 0.477 e. The van der Waals surface area contributed by atoms with E-state index in [1.807, 2.05) is 21.1 Å². The first kappa shape index (κ1) is 87.0. The lowest BCUT2D eigenvalue weighted by atomic mass is 10.0. The van der Waals surface area contributed by atoms with Crippen molar-refractivity contribution >= 4 is 17.9 Å². The predicted molar refractivity (Wildman–Crippen MR) is 392 cm³/mol. The summed E-state index contributed by atoms with van der Waals surface area (Å²) in [4.78, 5) is 37.7. The number of ether oxygens (including phenoxy) is 4. The molecule has 2 atom stereocenters. The van der Waals surface area contributed by atoms with Crippen molar-refractivity contribution < 1.29 is 42.9 Å². The van der Waals surface area contributed by atoms with Crippen LogP contribution in [-0.2, 0) is 33.3 Å². The smallest absolute Gasteiger partial charge is 0.361 e. The Kier molecular flexibility index (Phi) is 68.6. The van der Waals surface area contributed by atoms with Crippen LogP contribution in [0.3, 0.4) is 0 Å². The van der Waals surface area contributed by atoms with Crippen molar-refractivity contribution in [3.8, 4) is 0 Å². The summed E-state index contributed by atoms with van der Waals surface area (Å²) in [6.07, 6.45) is 97.9. The van der Waals surface area contributed by atoms with Crippen molar-refractivity contribution in [3.63, 3.8) is 0 Å². The molecule has 0 heterocycles. The van der Waals surface area contributed by atoms with Crippen LogP contribution >= 0.6 is 0 Å². The van der Waals surface area contributed by atoms with Gasteiger partial charge in [0, 0.05) is 12.8 Å². The SMILES string of the molecule is CC/C=C\C/C=C\C/C=C\C/C=C\C/C=C\C/C=C\C/C=C\CCCCCCCCCCCCCCCC(=O)OC(COC(=O)CCCCCCCCCCCCCCCCCCCCC/C=C\C/C=C\CCCCCCC)COC(OCC[N+](C)(C)C)C(=O)O. The van der Waals surface area contributed by atoms with E-state index in [-0.39, 0.29) is 32.2 Å². The average molecular weight is 1270 g/mol. The van der Waals surface area contributed by atoms with Crippen LogP contribution in [-0.4, -0.2) is 87.4 Å².